The van der Waals surface area contributed by atoms with Crippen LogP contribution >= 0.6 is 0 Å². The van der Waals surface area contributed by atoms with E-state index in [1.165, 1.54) is 6.92 Å². The Morgan fingerprint density at radius 2 is 1.83 bits per heavy atom. The van der Waals surface area contributed by atoms with E-state index in [0.29, 0.717) is 12.8 Å². The lowest BCUT2D eigenvalue weighted by Gasteiger charge is -2.19. The summed E-state index contributed by atoms with van der Waals surface area (Å²) < 4.78 is 25.3. The highest BCUT2D eigenvalue weighted by Gasteiger charge is 2.20. The molecule has 108 valence electrons. The van der Waals surface area contributed by atoms with Crippen LogP contribution < -0.4 is 10.0 Å². The van der Waals surface area contributed by atoms with E-state index in [-0.39, 0.29) is 17.7 Å². The van der Waals surface area contributed by atoms with Gasteiger partial charge in [-0.3, -0.25) is 4.79 Å². The van der Waals surface area contributed by atoms with Gasteiger partial charge in [0.2, 0.25) is 15.9 Å². The van der Waals surface area contributed by atoms with Crippen molar-refractivity contribution in [2.24, 2.45) is 0 Å². The van der Waals surface area contributed by atoms with Gasteiger partial charge in [-0.25, -0.2) is 13.1 Å². The monoisotopic (exact) mass is 280 g/mol. The van der Waals surface area contributed by atoms with Crippen LogP contribution in [0.25, 0.3) is 0 Å². The lowest BCUT2D eigenvalue weighted by molar-refractivity contribution is -0.123. The van der Waals surface area contributed by atoms with Crippen LogP contribution in [-0.2, 0) is 14.8 Å². The van der Waals surface area contributed by atoms with Gasteiger partial charge in [0.05, 0.1) is 17.9 Å². The number of rotatable bonds is 8. The summed E-state index contributed by atoms with van der Waals surface area (Å²) in [6.07, 6.45) is 0.426. The normalized spacial score (nSPS) is 16.9. The number of nitrogens with one attached hydrogen (secondary N) is 2. The number of hydrogen-bond acceptors (Lipinski definition) is 4. The van der Waals surface area contributed by atoms with Crippen LogP contribution in [0.2, 0.25) is 0 Å². The standard InChI is InChI=1S/C11H24N2O4S/c1-5-6-18(16,17)13-10(4)11(15)12-8(2)7-9(3)14/h8-10,13-14H,5-7H2,1-4H3,(H,12,15). The third-order valence-electron chi connectivity index (χ3n) is 2.31. The summed E-state index contributed by atoms with van der Waals surface area (Å²) in [5.41, 5.74) is 0. The van der Waals surface area contributed by atoms with Crippen LogP contribution in [0.1, 0.15) is 40.5 Å². The number of hydrogen-bond donors (Lipinski definition) is 3. The zero-order valence-electron chi connectivity index (χ0n) is 11.4. The van der Waals surface area contributed by atoms with Gasteiger partial charge in [0.1, 0.15) is 0 Å². The molecule has 0 radical (unpaired) electrons. The Labute approximate surface area is 109 Å². The van der Waals surface area contributed by atoms with Crippen molar-refractivity contribution in [1.82, 2.24) is 10.0 Å². The summed E-state index contributed by atoms with van der Waals surface area (Å²) in [7, 11) is -3.39. The molecule has 1 amide bonds. The zero-order valence-corrected chi connectivity index (χ0v) is 12.3. The Kier molecular flexibility index (Phi) is 7.42. The van der Waals surface area contributed by atoms with Gasteiger partial charge in [-0.2, -0.15) is 0 Å². The van der Waals surface area contributed by atoms with Crippen molar-refractivity contribution < 1.29 is 18.3 Å². The van der Waals surface area contributed by atoms with Gasteiger partial charge in [-0.1, -0.05) is 6.92 Å². The fourth-order valence-electron chi connectivity index (χ4n) is 1.59. The Bertz CT molecular complexity index is 354. The van der Waals surface area contributed by atoms with Crippen LogP contribution in [0.4, 0.5) is 0 Å². The quantitative estimate of drug-likeness (QED) is 0.582. The summed E-state index contributed by atoms with van der Waals surface area (Å²) >= 11 is 0. The molecule has 6 nitrogen and oxygen atoms in total. The van der Waals surface area contributed by atoms with E-state index in [1.54, 1.807) is 20.8 Å². The molecule has 0 aliphatic carbocycles. The molecule has 0 aromatic heterocycles. The molecule has 3 N–H and O–H groups in total. The summed E-state index contributed by atoms with van der Waals surface area (Å²) in [6.45, 7) is 6.65. The molecular formula is C11H24N2O4S. The largest absolute Gasteiger partial charge is 0.393 e. The first-order chi connectivity index (χ1) is 8.18. The predicted octanol–water partition coefficient (Wildman–Crippen LogP) is -0.0201. The van der Waals surface area contributed by atoms with Gasteiger partial charge < -0.3 is 10.4 Å². The predicted molar refractivity (Wildman–Crippen MR) is 70.6 cm³/mol. The second-order valence-electron chi connectivity index (χ2n) is 4.65. The first kappa shape index (κ1) is 17.3. The Morgan fingerprint density at radius 1 is 1.28 bits per heavy atom. The summed E-state index contributed by atoms with van der Waals surface area (Å²) in [5.74, 6) is -0.378. The number of aliphatic hydroxyl groups excluding tert-OH is 1. The number of amides is 1. The van der Waals surface area contributed by atoms with Crippen molar-refractivity contribution in [1.29, 1.82) is 0 Å². The molecule has 7 heteroatoms. The van der Waals surface area contributed by atoms with E-state index < -0.39 is 22.2 Å². The zero-order chi connectivity index (χ0) is 14.3. The number of carbonyl (C=O) groups is 1. The average Bonchev–Trinajstić information content (AvgIpc) is 2.14. The molecule has 0 aliphatic heterocycles. The van der Waals surface area contributed by atoms with Gasteiger partial charge in [0, 0.05) is 6.04 Å². The minimum atomic E-state index is -3.39. The summed E-state index contributed by atoms with van der Waals surface area (Å²) in [4.78, 5) is 11.7. The third kappa shape index (κ3) is 7.62. The summed E-state index contributed by atoms with van der Waals surface area (Å²) in [5, 5.41) is 11.8. The van der Waals surface area contributed by atoms with Crippen LogP contribution in [0.3, 0.4) is 0 Å². The Balaban J connectivity index is 4.27. The second kappa shape index (κ2) is 7.70. The van der Waals surface area contributed by atoms with Gasteiger partial charge in [0.15, 0.2) is 0 Å². The lowest BCUT2D eigenvalue weighted by Crippen LogP contribution is -2.48. The first-order valence-electron chi connectivity index (χ1n) is 6.16. The molecule has 0 rings (SSSR count). The third-order valence-corrected chi connectivity index (χ3v) is 3.96. The fourth-order valence-corrected chi connectivity index (χ4v) is 2.89. The van der Waals surface area contributed by atoms with E-state index in [9.17, 15) is 13.2 Å². The second-order valence-corrected chi connectivity index (χ2v) is 6.53. The van der Waals surface area contributed by atoms with E-state index in [4.69, 9.17) is 5.11 Å². The maximum absolute atomic E-state index is 11.7. The van der Waals surface area contributed by atoms with Gasteiger partial charge >= 0.3 is 0 Å². The minimum absolute atomic E-state index is 0.00779. The SMILES string of the molecule is CCCS(=O)(=O)NC(C)C(=O)NC(C)CC(C)O. The highest BCUT2D eigenvalue weighted by molar-refractivity contribution is 7.89. The van der Waals surface area contributed by atoms with Crippen molar-refractivity contribution >= 4 is 15.9 Å². The molecule has 3 unspecified atom stereocenters. The minimum Gasteiger partial charge on any atom is -0.393 e. The lowest BCUT2D eigenvalue weighted by atomic mass is 10.1. The van der Waals surface area contributed by atoms with E-state index in [0.717, 1.165) is 0 Å². The van der Waals surface area contributed by atoms with Crippen molar-refractivity contribution in [2.45, 2.75) is 58.7 Å². The highest BCUT2D eigenvalue weighted by atomic mass is 32.2. The molecule has 0 heterocycles. The van der Waals surface area contributed by atoms with Gasteiger partial charge in [-0.05, 0) is 33.6 Å². The van der Waals surface area contributed by atoms with Crippen LogP contribution in [0.5, 0.6) is 0 Å². The van der Waals surface area contributed by atoms with Crippen LogP contribution in [0, 0.1) is 0 Å². The first-order valence-corrected chi connectivity index (χ1v) is 7.81. The highest BCUT2D eigenvalue weighted by Crippen LogP contribution is 1.98. The summed E-state index contributed by atoms with van der Waals surface area (Å²) in [6, 6.07) is -1.01. The molecule has 0 aliphatic rings. The molecular weight excluding hydrogens is 256 g/mol. The Hall–Kier alpha value is -0.660. The smallest absolute Gasteiger partial charge is 0.238 e. The van der Waals surface area contributed by atoms with Crippen LogP contribution in [0.15, 0.2) is 0 Å². The number of aliphatic hydroxyl groups is 1. The molecule has 18 heavy (non-hydrogen) atoms. The fraction of sp³-hybridized carbons (Fsp3) is 0.909. The molecule has 3 atom stereocenters. The molecule has 0 aromatic rings. The van der Waals surface area contributed by atoms with Crippen molar-refractivity contribution in [3.8, 4) is 0 Å². The van der Waals surface area contributed by atoms with Gasteiger partial charge in [-0.15, -0.1) is 0 Å². The molecule has 0 bridgehead atoms. The number of carbonyl (C=O) groups excluding carboxylic acids is 1. The maximum atomic E-state index is 11.7. The average molecular weight is 280 g/mol. The van der Waals surface area contributed by atoms with E-state index >= 15 is 0 Å². The van der Waals surface area contributed by atoms with Crippen molar-refractivity contribution in [3.63, 3.8) is 0 Å². The Morgan fingerprint density at radius 3 is 2.28 bits per heavy atom. The van der Waals surface area contributed by atoms with Crippen molar-refractivity contribution in [3.05, 3.63) is 0 Å². The molecule has 0 saturated carbocycles. The topological polar surface area (TPSA) is 95.5 Å². The van der Waals surface area contributed by atoms with E-state index in [2.05, 4.69) is 10.0 Å². The van der Waals surface area contributed by atoms with Crippen molar-refractivity contribution in [2.75, 3.05) is 5.75 Å². The number of sulfonamides is 1. The molecule has 0 saturated heterocycles. The van der Waals surface area contributed by atoms with E-state index in [1.807, 2.05) is 0 Å². The van der Waals surface area contributed by atoms with Crippen LogP contribution in [-0.4, -0.2) is 43.4 Å². The maximum Gasteiger partial charge on any atom is 0.238 e. The molecule has 0 aromatic carbocycles. The molecule has 0 fully saturated rings. The molecule has 0 spiro atoms. The van der Waals surface area contributed by atoms with Gasteiger partial charge in [0.25, 0.3) is 0 Å².